The second-order valence-electron chi connectivity index (χ2n) is 5.37. The fraction of sp³-hybridized carbons (Fsp3) is 0.571. The zero-order valence-corrected chi connectivity index (χ0v) is 13.2. The van der Waals surface area contributed by atoms with Gasteiger partial charge >= 0.3 is 0 Å². The highest BCUT2D eigenvalue weighted by Crippen LogP contribution is 2.27. The van der Waals surface area contributed by atoms with Gasteiger partial charge in [-0.1, -0.05) is 30.5 Å². The number of rotatable bonds is 4. The summed E-state index contributed by atoms with van der Waals surface area (Å²) in [6.07, 6.45) is 3.99. The smallest absolute Gasteiger partial charge is 0.241 e. The van der Waals surface area contributed by atoms with Crippen molar-refractivity contribution in [3.05, 3.63) is 28.8 Å². The van der Waals surface area contributed by atoms with E-state index in [1.807, 2.05) is 0 Å². The molecule has 0 heterocycles. The Labute approximate surface area is 125 Å². The lowest BCUT2D eigenvalue weighted by molar-refractivity contribution is 0.296. The highest BCUT2D eigenvalue weighted by Gasteiger charge is 2.29. The predicted molar refractivity (Wildman–Crippen MR) is 81.3 cm³/mol. The van der Waals surface area contributed by atoms with Crippen molar-refractivity contribution in [2.75, 3.05) is 6.54 Å². The quantitative estimate of drug-likeness (QED) is 0.896. The van der Waals surface area contributed by atoms with Crippen molar-refractivity contribution in [1.29, 1.82) is 0 Å². The van der Waals surface area contributed by atoms with Crippen LogP contribution >= 0.6 is 11.6 Å². The Morgan fingerprint density at radius 2 is 2.05 bits per heavy atom. The topological polar surface area (TPSA) is 72.2 Å². The lowest BCUT2D eigenvalue weighted by Gasteiger charge is -2.31. The van der Waals surface area contributed by atoms with Gasteiger partial charge in [-0.15, -0.1) is 0 Å². The minimum atomic E-state index is -3.55. The van der Waals surface area contributed by atoms with Crippen molar-refractivity contribution in [2.24, 2.45) is 11.7 Å². The molecule has 0 bridgehead atoms. The fourth-order valence-corrected chi connectivity index (χ4v) is 4.62. The minimum Gasteiger partial charge on any atom is -0.330 e. The molecule has 0 saturated heterocycles. The molecule has 0 spiro atoms. The van der Waals surface area contributed by atoms with E-state index in [1.165, 1.54) is 0 Å². The van der Waals surface area contributed by atoms with E-state index in [0.29, 0.717) is 17.1 Å². The average molecular weight is 317 g/mol. The molecule has 2 atom stereocenters. The number of hydrogen-bond acceptors (Lipinski definition) is 3. The maximum absolute atomic E-state index is 12.5. The lowest BCUT2D eigenvalue weighted by Crippen LogP contribution is -2.44. The van der Waals surface area contributed by atoms with Crippen LogP contribution in [0, 0.1) is 12.8 Å². The third kappa shape index (κ3) is 3.34. The summed E-state index contributed by atoms with van der Waals surface area (Å²) in [5.41, 5.74) is 6.33. The first-order valence-electron chi connectivity index (χ1n) is 6.93. The molecular formula is C14H21ClN2O2S. The van der Waals surface area contributed by atoms with Crippen LogP contribution < -0.4 is 10.5 Å². The maximum Gasteiger partial charge on any atom is 0.241 e. The monoisotopic (exact) mass is 316 g/mol. The number of nitrogens with one attached hydrogen (secondary N) is 1. The van der Waals surface area contributed by atoms with Crippen molar-refractivity contribution < 1.29 is 8.42 Å². The summed E-state index contributed by atoms with van der Waals surface area (Å²) in [6.45, 7) is 2.24. The van der Waals surface area contributed by atoms with Crippen molar-refractivity contribution in [2.45, 2.75) is 43.5 Å². The largest absolute Gasteiger partial charge is 0.330 e. The number of halogens is 1. The molecule has 1 aromatic carbocycles. The lowest BCUT2D eigenvalue weighted by atomic mass is 9.85. The van der Waals surface area contributed by atoms with E-state index in [-0.39, 0.29) is 16.9 Å². The van der Waals surface area contributed by atoms with Crippen LogP contribution in [-0.2, 0) is 10.0 Å². The molecule has 112 valence electrons. The standard InChI is InChI=1S/C14H21ClN2O2S/c1-10-12(15)6-4-8-14(10)20(18,19)17-13-7-3-2-5-11(13)9-16/h4,6,8,11,13,17H,2-3,5,7,9,16H2,1H3. The van der Waals surface area contributed by atoms with E-state index >= 15 is 0 Å². The fourth-order valence-electron chi connectivity index (χ4n) is 2.79. The van der Waals surface area contributed by atoms with Gasteiger partial charge in [0.15, 0.2) is 0 Å². The van der Waals surface area contributed by atoms with Gasteiger partial charge in [0.05, 0.1) is 4.90 Å². The van der Waals surface area contributed by atoms with Gasteiger partial charge in [0, 0.05) is 11.1 Å². The van der Waals surface area contributed by atoms with E-state index in [2.05, 4.69) is 4.72 Å². The zero-order chi connectivity index (χ0) is 14.8. The third-order valence-electron chi connectivity index (χ3n) is 4.03. The van der Waals surface area contributed by atoms with Crippen molar-refractivity contribution in [3.8, 4) is 0 Å². The van der Waals surface area contributed by atoms with E-state index in [9.17, 15) is 8.42 Å². The zero-order valence-electron chi connectivity index (χ0n) is 11.6. The summed E-state index contributed by atoms with van der Waals surface area (Å²) < 4.78 is 27.9. The van der Waals surface area contributed by atoms with Crippen LogP contribution in [0.2, 0.25) is 5.02 Å². The van der Waals surface area contributed by atoms with Crippen molar-refractivity contribution in [3.63, 3.8) is 0 Å². The van der Waals surface area contributed by atoms with Gasteiger partial charge in [-0.05, 0) is 49.9 Å². The first-order chi connectivity index (χ1) is 9.45. The number of sulfonamides is 1. The Morgan fingerprint density at radius 3 is 2.75 bits per heavy atom. The Morgan fingerprint density at radius 1 is 1.35 bits per heavy atom. The second-order valence-corrected chi connectivity index (χ2v) is 7.46. The van der Waals surface area contributed by atoms with E-state index in [1.54, 1.807) is 25.1 Å². The molecule has 2 unspecified atom stereocenters. The van der Waals surface area contributed by atoms with Crippen molar-refractivity contribution >= 4 is 21.6 Å². The predicted octanol–water partition coefficient (Wildman–Crippen LogP) is 2.44. The Hall–Kier alpha value is -0.620. The van der Waals surface area contributed by atoms with Gasteiger partial charge < -0.3 is 5.73 Å². The molecule has 0 amide bonds. The molecule has 1 saturated carbocycles. The van der Waals surface area contributed by atoms with Crippen LogP contribution in [0.3, 0.4) is 0 Å². The summed E-state index contributed by atoms with van der Waals surface area (Å²) >= 11 is 6.01. The van der Waals surface area contributed by atoms with Gasteiger partial charge in [-0.2, -0.15) is 0 Å². The number of benzene rings is 1. The molecule has 6 heteroatoms. The van der Waals surface area contributed by atoms with Crippen LogP contribution in [0.25, 0.3) is 0 Å². The highest BCUT2D eigenvalue weighted by molar-refractivity contribution is 7.89. The molecule has 4 nitrogen and oxygen atoms in total. The van der Waals surface area contributed by atoms with Gasteiger partial charge in [0.1, 0.15) is 0 Å². The molecule has 0 aromatic heterocycles. The third-order valence-corrected chi connectivity index (χ3v) is 6.07. The first kappa shape index (κ1) is 15.8. The first-order valence-corrected chi connectivity index (χ1v) is 8.79. The van der Waals surface area contributed by atoms with Crippen LogP contribution in [0.15, 0.2) is 23.1 Å². The van der Waals surface area contributed by atoms with E-state index in [4.69, 9.17) is 17.3 Å². The number of nitrogens with two attached hydrogens (primary N) is 1. The van der Waals surface area contributed by atoms with E-state index in [0.717, 1.165) is 25.7 Å². The Bertz CT molecular complexity index is 575. The summed E-state index contributed by atoms with van der Waals surface area (Å²) in [7, 11) is -3.55. The highest BCUT2D eigenvalue weighted by atomic mass is 35.5. The summed E-state index contributed by atoms with van der Waals surface area (Å²) in [5.74, 6) is 0.220. The molecule has 1 aromatic rings. The number of hydrogen-bond donors (Lipinski definition) is 2. The molecule has 1 aliphatic rings. The molecule has 3 N–H and O–H groups in total. The van der Waals surface area contributed by atoms with Gasteiger partial charge in [-0.25, -0.2) is 13.1 Å². The molecule has 0 aliphatic heterocycles. The summed E-state index contributed by atoms with van der Waals surface area (Å²) in [6, 6.07) is 4.87. The molecular weight excluding hydrogens is 296 g/mol. The van der Waals surface area contributed by atoms with Crippen molar-refractivity contribution in [1.82, 2.24) is 4.72 Å². The summed E-state index contributed by atoms with van der Waals surface area (Å²) in [5, 5.41) is 0.465. The Kier molecular flexibility index (Phi) is 5.07. The van der Waals surface area contributed by atoms with Crippen LogP contribution in [0.4, 0.5) is 0 Å². The molecule has 20 heavy (non-hydrogen) atoms. The second kappa shape index (κ2) is 6.43. The minimum absolute atomic E-state index is 0.0721. The average Bonchev–Trinajstić information content (AvgIpc) is 2.42. The molecule has 2 rings (SSSR count). The van der Waals surface area contributed by atoms with Gasteiger partial charge in [0.2, 0.25) is 10.0 Å². The normalized spacial score (nSPS) is 23.8. The van der Waals surface area contributed by atoms with Crippen LogP contribution in [0.5, 0.6) is 0 Å². The Balaban J connectivity index is 2.24. The molecule has 0 radical (unpaired) electrons. The van der Waals surface area contributed by atoms with Crippen LogP contribution in [-0.4, -0.2) is 21.0 Å². The SMILES string of the molecule is Cc1c(Cl)cccc1S(=O)(=O)NC1CCCCC1CN. The van der Waals surface area contributed by atoms with Crippen LogP contribution in [0.1, 0.15) is 31.2 Å². The molecule has 1 aliphatic carbocycles. The van der Waals surface area contributed by atoms with Gasteiger partial charge in [0.25, 0.3) is 0 Å². The van der Waals surface area contributed by atoms with Gasteiger partial charge in [-0.3, -0.25) is 0 Å². The summed E-state index contributed by atoms with van der Waals surface area (Å²) in [4.78, 5) is 0.256. The van der Waals surface area contributed by atoms with E-state index < -0.39 is 10.0 Å². The maximum atomic E-state index is 12.5. The molecule has 1 fully saturated rings.